The summed E-state index contributed by atoms with van der Waals surface area (Å²) in [6.07, 6.45) is 7.87. The lowest BCUT2D eigenvalue weighted by molar-refractivity contribution is -0.162. The zero-order chi connectivity index (χ0) is 33.9. The van der Waals surface area contributed by atoms with E-state index in [1.807, 2.05) is 35.2 Å². The number of nitrogens with one attached hydrogen (secondary N) is 1. The van der Waals surface area contributed by atoms with Crippen LogP contribution in [0.5, 0.6) is 0 Å². The van der Waals surface area contributed by atoms with Gasteiger partial charge in [0.15, 0.2) is 0 Å². The van der Waals surface area contributed by atoms with Crippen LogP contribution < -0.4 is 5.32 Å². The summed E-state index contributed by atoms with van der Waals surface area (Å²) in [7, 11) is 0. The number of alkyl halides is 1. The normalized spacial score (nSPS) is 30.3. The van der Waals surface area contributed by atoms with Gasteiger partial charge in [0, 0.05) is 23.8 Å². The molecule has 0 aromatic heterocycles. The van der Waals surface area contributed by atoms with Crippen molar-refractivity contribution >= 4 is 39.6 Å². The molecule has 47 heavy (non-hydrogen) atoms. The second-order valence-electron chi connectivity index (χ2n) is 13.5. The number of hydrogen-bond donors (Lipinski definition) is 2. The summed E-state index contributed by atoms with van der Waals surface area (Å²) in [6, 6.07) is 6.93. The largest absolute Gasteiger partial charge is 0.455 e. The summed E-state index contributed by atoms with van der Waals surface area (Å²) >= 11 is 3.73. The summed E-state index contributed by atoms with van der Waals surface area (Å²) in [5.41, 5.74) is -0.582. The maximum atomic E-state index is 14.7. The van der Waals surface area contributed by atoms with Crippen molar-refractivity contribution in [2.45, 2.75) is 112 Å². The first-order chi connectivity index (χ1) is 22.6. The first-order valence-electron chi connectivity index (χ1n) is 16.9. The van der Waals surface area contributed by atoms with Gasteiger partial charge in [0.05, 0.1) is 36.6 Å². The minimum atomic E-state index is -1.28. The van der Waals surface area contributed by atoms with E-state index in [1.54, 1.807) is 26.0 Å². The van der Waals surface area contributed by atoms with Gasteiger partial charge in [-0.25, -0.2) is 0 Å². The van der Waals surface area contributed by atoms with Crippen molar-refractivity contribution in [3.05, 3.63) is 61.2 Å². The van der Waals surface area contributed by atoms with Crippen molar-refractivity contribution in [3.8, 4) is 0 Å². The number of carbonyl (C=O) groups excluding carboxylic acids is 4. The number of fused-ring (bicyclic) bond motifs is 1. The lowest BCUT2D eigenvalue weighted by Gasteiger charge is -2.42. The van der Waals surface area contributed by atoms with Gasteiger partial charge < -0.3 is 29.7 Å². The third-order valence-corrected chi connectivity index (χ3v) is 11.2. The van der Waals surface area contributed by atoms with Crippen LogP contribution in [0.3, 0.4) is 0 Å². The first kappa shape index (κ1) is 35.3. The molecule has 1 aliphatic carbocycles. The van der Waals surface area contributed by atoms with Crippen LogP contribution in [-0.2, 0) is 28.7 Å². The maximum Gasteiger partial charge on any atom is 0.313 e. The number of likely N-dealkylation sites (tertiary alicyclic amines) is 1. The number of nitrogens with zero attached hydrogens (tertiary/aromatic N) is 2. The predicted octanol–water partition coefficient (Wildman–Crippen LogP) is 4.22. The van der Waals surface area contributed by atoms with Crippen molar-refractivity contribution < 1.29 is 33.8 Å². The molecule has 0 radical (unpaired) electrons. The van der Waals surface area contributed by atoms with Crippen molar-refractivity contribution in [2.75, 3.05) is 13.2 Å². The number of esters is 1. The number of aliphatic hydroxyl groups is 1. The predicted molar refractivity (Wildman–Crippen MR) is 180 cm³/mol. The quantitative estimate of drug-likeness (QED) is 0.168. The number of carbonyl (C=O) groups is 4. The molecule has 3 heterocycles. The van der Waals surface area contributed by atoms with Gasteiger partial charge in [-0.3, -0.25) is 19.2 Å². The molecule has 2 N–H and O–H groups in total. The van der Waals surface area contributed by atoms with Crippen molar-refractivity contribution in [2.24, 2.45) is 11.8 Å². The van der Waals surface area contributed by atoms with Crippen molar-refractivity contribution in [3.63, 3.8) is 0 Å². The Morgan fingerprint density at radius 2 is 1.87 bits per heavy atom. The lowest BCUT2D eigenvalue weighted by atomic mass is 9.70. The molecule has 4 fully saturated rings. The molecule has 1 saturated carbocycles. The third kappa shape index (κ3) is 6.68. The van der Waals surface area contributed by atoms with Crippen molar-refractivity contribution in [1.82, 2.24) is 15.1 Å². The van der Waals surface area contributed by atoms with Gasteiger partial charge in [-0.2, -0.15) is 0 Å². The van der Waals surface area contributed by atoms with E-state index in [1.165, 1.54) is 4.90 Å². The average Bonchev–Trinajstić information content (AvgIpc) is 3.68. The molecule has 1 aromatic carbocycles. The standard InChI is InChI=1S/C36H48BrN3O7/c1-5-7-18-27(42)38-23(4)30(24-14-10-8-11-15-24)46-35(45)28-29-33(43)40(22(3)21-41)32(36(29)20-26(37)31(28)47-36)34(44)39(19-6-2)25-16-12-9-13-17-25/h5-6,8,10-11,14-15,22-23,25-26,28-32,41H,1-2,7,9,12-13,16-21H2,3-4H3,(H,38,42)/t22-,23-,26?,28-,29+,30-,31-,32-,36+/m1/s1. The van der Waals surface area contributed by atoms with Gasteiger partial charge in [-0.05, 0) is 45.1 Å². The highest BCUT2D eigenvalue weighted by Crippen LogP contribution is 2.61. The number of amides is 3. The fourth-order valence-electron chi connectivity index (χ4n) is 8.23. The van der Waals surface area contributed by atoms with E-state index in [4.69, 9.17) is 9.47 Å². The van der Waals surface area contributed by atoms with Gasteiger partial charge >= 0.3 is 5.97 Å². The Balaban J connectivity index is 1.48. The van der Waals surface area contributed by atoms with E-state index in [0.29, 0.717) is 24.9 Å². The van der Waals surface area contributed by atoms with Gasteiger partial charge in [0.25, 0.3) is 0 Å². The summed E-state index contributed by atoms with van der Waals surface area (Å²) in [4.78, 5) is 59.1. The summed E-state index contributed by atoms with van der Waals surface area (Å²) in [5, 5.41) is 13.2. The van der Waals surface area contributed by atoms with E-state index in [0.717, 1.165) is 32.1 Å². The van der Waals surface area contributed by atoms with E-state index in [9.17, 15) is 24.3 Å². The molecule has 3 amide bonds. The van der Waals surface area contributed by atoms with Crippen LogP contribution >= 0.6 is 15.9 Å². The Kier molecular flexibility index (Phi) is 11.3. The van der Waals surface area contributed by atoms with Crippen LogP contribution in [0.25, 0.3) is 0 Å². The van der Waals surface area contributed by atoms with Crippen LogP contribution in [0.1, 0.15) is 76.9 Å². The molecular weight excluding hydrogens is 666 g/mol. The molecule has 256 valence electrons. The van der Waals surface area contributed by atoms with Crippen LogP contribution in [0.15, 0.2) is 55.6 Å². The van der Waals surface area contributed by atoms with E-state index in [-0.39, 0.29) is 35.7 Å². The lowest BCUT2D eigenvalue weighted by Crippen LogP contribution is -2.60. The number of halogens is 1. The second kappa shape index (κ2) is 15.0. The number of rotatable bonds is 14. The smallest absolute Gasteiger partial charge is 0.313 e. The van der Waals surface area contributed by atoms with Gasteiger partial charge in [0.2, 0.25) is 17.7 Å². The van der Waals surface area contributed by atoms with Crippen molar-refractivity contribution in [1.29, 1.82) is 0 Å². The number of benzene rings is 1. The van der Waals surface area contributed by atoms with E-state index >= 15 is 0 Å². The maximum absolute atomic E-state index is 14.7. The zero-order valence-electron chi connectivity index (χ0n) is 27.4. The van der Waals surface area contributed by atoms with Gasteiger partial charge in [-0.1, -0.05) is 77.7 Å². The van der Waals surface area contributed by atoms with Crippen LogP contribution in [0.2, 0.25) is 0 Å². The number of allylic oxidation sites excluding steroid dienone is 1. The molecule has 11 heteroatoms. The van der Waals surface area contributed by atoms with Gasteiger partial charge in [0.1, 0.15) is 17.7 Å². The molecule has 1 unspecified atom stereocenters. The van der Waals surface area contributed by atoms with Gasteiger partial charge in [-0.15, -0.1) is 13.2 Å². The number of ether oxygens (including phenoxy) is 2. The fourth-order valence-corrected chi connectivity index (χ4v) is 9.17. The minimum absolute atomic E-state index is 0.0139. The zero-order valence-corrected chi connectivity index (χ0v) is 29.0. The number of aliphatic hydroxyl groups excluding tert-OH is 1. The Morgan fingerprint density at radius 1 is 1.17 bits per heavy atom. The fraction of sp³-hybridized carbons (Fsp3) is 0.611. The molecule has 5 rings (SSSR count). The average molecular weight is 715 g/mol. The second-order valence-corrected chi connectivity index (χ2v) is 14.6. The highest BCUT2D eigenvalue weighted by Gasteiger charge is 2.77. The molecule has 1 spiro atoms. The monoisotopic (exact) mass is 713 g/mol. The molecular formula is C36H48BrN3O7. The molecule has 9 atom stereocenters. The highest BCUT2D eigenvalue weighted by atomic mass is 79.9. The summed E-state index contributed by atoms with van der Waals surface area (Å²) in [6.45, 7) is 11.1. The summed E-state index contributed by atoms with van der Waals surface area (Å²) in [5.74, 6) is -3.41. The SMILES string of the molecule is C=CCCC(=O)N[C@H](C)[C@@H](OC(=O)[C@H]1[C@@H]2O[C@@]3(CC2Br)[C@@H]1C(=O)N([C@H](C)CO)[C@@H]3C(=O)N(CC=C)C1CCCCC1)c1ccccc1. The van der Waals surface area contributed by atoms with Crippen LogP contribution in [-0.4, -0.2) is 92.4 Å². The highest BCUT2D eigenvalue weighted by molar-refractivity contribution is 9.09. The van der Waals surface area contributed by atoms with Crippen LogP contribution in [0.4, 0.5) is 0 Å². The molecule has 3 saturated heterocycles. The first-order valence-corrected chi connectivity index (χ1v) is 17.8. The molecule has 10 nitrogen and oxygen atoms in total. The Bertz CT molecular complexity index is 1340. The molecule has 2 bridgehead atoms. The minimum Gasteiger partial charge on any atom is -0.455 e. The summed E-state index contributed by atoms with van der Waals surface area (Å²) < 4.78 is 12.9. The third-order valence-electron chi connectivity index (χ3n) is 10.4. The Hall–Kier alpha value is -3.02. The molecule has 3 aliphatic heterocycles. The Labute approximate surface area is 286 Å². The molecule has 1 aromatic rings. The molecule has 4 aliphatic rings. The topological polar surface area (TPSA) is 125 Å². The van der Waals surface area contributed by atoms with Crippen LogP contribution in [0, 0.1) is 11.8 Å². The van der Waals surface area contributed by atoms with E-state index in [2.05, 4.69) is 34.4 Å². The van der Waals surface area contributed by atoms with E-state index < -0.39 is 59.6 Å². The Morgan fingerprint density at radius 3 is 2.51 bits per heavy atom. The number of hydrogen-bond acceptors (Lipinski definition) is 7.